The second-order valence-electron chi connectivity index (χ2n) is 7.99. The summed E-state index contributed by atoms with van der Waals surface area (Å²) in [4.78, 5) is 13.0. The van der Waals surface area contributed by atoms with Gasteiger partial charge < -0.3 is 14.8 Å². The van der Waals surface area contributed by atoms with Gasteiger partial charge in [0.15, 0.2) is 0 Å². The largest absolute Gasteiger partial charge is 0.497 e. The summed E-state index contributed by atoms with van der Waals surface area (Å²) in [6, 6.07) is 9.92. The van der Waals surface area contributed by atoms with E-state index in [0.29, 0.717) is 46.5 Å². The number of methoxy groups -OCH3 is 2. The molecule has 1 heterocycles. The van der Waals surface area contributed by atoms with Gasteiger partial charge in [0.1, 0.15) is 11.5 Å². The molecule has 0 radical (unpaired) electrons. The summed E-state index contributed by atoms with van der Waals surface area (Å²) in [5, 5.41) is 3.60. The molecule has 2 aromatic rings. The Balaban J connectivity index is 1.70. The number of amides is 1. The van der Waals surface area contributed by atoms with Gasteiger partial charge in [0.2, 0.25) is 15.9 Å². The van der Waals surface area contributed by atoms with E-state index >= 15 is 0 Å². The lowest BCUT2D eigenvalue weighted by Crippen LogP contribution is -2.46. The average molecular weight is 515 g/mol. The summed E-state index contributed by atoms with van der Waals surface area (Å²) in [5.41, 5.74) is 1.14. The quantitative estimate of drug-likeness (QED) is 0.563. The van der Waals surface area contributed by atoms with E-state index in [4.69, 9.17) is 32.7 Å². The molecule has 0 aliphatic carbocycles. The maximum Gasteiger partial charge on any atom is 0.224 e. The molecule has 1 aliphatic heterocycles. The SMILES string of the molecule is COc1ccc(OC)c([C@H](C)NC(=O)[C@@H]2CCCN(S(=O)(=O)Cc3c(Cl)cccc3Cl)C2)c1. The first-order valence-electron chi connectivity index (χ1n) is 10.6. The molecule has 2 aromatic carbocycles. The van der Waals surface area contributed by atoms with Crippen molar-refractivity contribution in [3.8, 4) is 11.5 Å². The molecule has 0 aromatic heterocycles. The fraction of sp³-hybridized carbons (Fsp3) is 0.435. The molecule has 0 spiro atoms. The van der Waals surface area contributed by atoms with Gasteiger partial charge in [-0.1, -0.05) is 29.3 Å². The number of hydrogen-bond acceptors (Lipinski definition) is 5. The van der Waals surface area contributed by atoms with Gasteiger partial charge in [-0.2, -0.15) is 0 Å². The molecule has 3 rings (SSSR count). The molecule has 0 bridgehead atoms. The van der Waals surface area contributed by atoms with Gasteiger partial charge in [0, 0.05) is 34.3 Å². The number of piperidine rings is 1. The summed E-state index contributed by atoms with van der Waals surface area (Å²) in [6.07, 6.45) is 1.19. The molecule has 10 heteroatoms. The standard InChI is InChI=1S/C23H28Cl2N2O5S/c1-15(18-12-17(31-2)9-10-22(18)32-3)26-23(28)16-6-5-11-27(13-16)33(29,30)14-19-20(24)7-4-8-21(19)25/h4,7-10,12,15-16H,5-6,11,13-14H2,1-3H3,(H,26,28)/t15-,16+/m0/s1. The molecule has 2 atom stereocenters. The molecule has 0 saturated carbocycles. The van der Waals surface area contributed by atoms with E-state index in [1.807, 2.05) is 13.0 Å². The van der Waals surface area contributed by atoms with Crippen molar-refractivity contribution in [1.82, 2.24) is 9.62 Å². The molecule has 1 fully saturated rings. The van der Waals surface area contributed by atoms with E-state index < -0.39 is 15.9 Å². The third kappa shape index (κ3) is 6.12. The highest BCUT2D eigenvalue weighted by molar-refractivity contribution is 7.88. The fourth-order valence-electron chi connectivity index (χ4n) is 3.94. The first-order valence-corrected chi connectivity index (χ1v) is 13.0. The number of ether oxygens (including phenoxy) is 2. The van der Waals surface area contributed by atoms with Crippen LogP contribution in [0.4, 0.5) is 0 Å². The van der Waals surface area contributed by atoms with Gasteiger partial charge in [-0.25, -0.2) is 12.7 Å². The number of carbonyl (C=O) groups is 1. The first kappa shape index (κ1) is 25.6. The predicted molar refractivity (Wildman–Crippen MR) is 129 cm³/mol. The fourth-order valence-corrected chi connectivity index (χ4v) is 6.30. The van der Waals surface area contributed by atoms with Gasteiger partial charge >= 0.3 is 0 Å². The molecule has 1 saturated heterocycles. The number of benzene rings is 2. The Labute approximate surface area is 205 Å². The Kier molecular flexibility index (Phi) is 8.50. The minimum atomic E-state index is -3.70. The molecule has 0 unspecified atom stereocenters. The Bertz CT molecular complexity index is 1090. The summed E-state index contributed by atoms with van der Waals surface area (Å²) >= 11 is 12.3. The Morgan fingerprint density at radius 1 is 1.18 bits per heavy atom. The number of hydrogen-bond donors (Lipinski definition) is 1. The molecular formula is C23H28Cl2N2O5S. The van der Waals surface area contributed by atoms with E-state index in [1.165, 1.54) is 4.31 Å². The van der Waals surface area contributed by atoms with E-state index in [9.17, 15) is 13.2 Å². The van der Waals surface area contributed by atoms with Crippen molar-refractivity contribution in [2.24, 2.45) is 5.92 Å². The number of nitrogens with one attached hydrogen (secondary N) is 1. The van der Waals surface area contributed by atoms with Crippen molar-refractivity contribution >= 4 is 39.1 Å². The maximum atomic E-state index is 13.1. The lowest BCUT2D eigenvalue weighted by atomic mass is 9.97. The van der Waals surface area contributed by atoms with E-state index in [2.05, 4.69) is 5.32 Å². The molecule has 1 aliphatic rings. The lowest BCUT2D eigenvalue weighted by Gasteiger charge is -2.32. The zero-order chi connectivity index (χ0) is 24.2. The number of nitrogens with zero attached hydrogens (tertiary/aromatic N) is 1. The Morgan fingerprint density at radius 3 is 2.52 bits per heavy atom. The van der Waals surface area contributed by atoms with Crippen LogP contribution in [0.1, 0.15) is 36.9 Å². The van der Waals surface area contributed by atoms with Gasteiger partial charge in [-0.05, 0) is 50.1 Å². The van der Waals surface area contributed by atoms with Crippen LogP contribution in [0.25, 0.3) is 0 Å². The zero-order valence-corrected chi connectivity index (χ0v) is 21.1. The van der Waals surface area contributed by atoms with Crippen molar-refractivity contribution < 1.29 is 22.7 Å². The van der Waals surface area contributed by atoms with Gasteiger partial charge in [-0.15, -0.1) is 0 Å². The van der Waals surface area contributed by atoms with E-state index in [0.717, 1.165) is 5.56 Å². The average Bonchev–Trinajstić information content (AvgIpc) is 2.81. The maximum absolute atomic E-state index is 13.1. The Hall–Kier alpha value is -2.00. The van der Waals surface area contributed by atoms with Crippen molar-refractivity contribution in [3.63, 3.8) is 0 Å². The lowest BCUT2D eigenvalue weighted by molar-refractivity contribution is -0.126. The van der Waals surface area contributed by atoms with Crippen LogP contribution in [-0.2, 0) is 20.6 Å². The highest BCUT2D eigenvalue weighted by Gasteiger charge is 2.33. The summed E-state index contributed by atoms with van der Waals surface area (Å²) in [6.45, 7) is 2.32. The summed E-state index contributed by atoms with van der Waals surface area (Å²) in [5.74, 6) is 0.308. The first-order chi connectivity index (χ1) is 15.7. The van der Waals surface area contributed by atoms with Crippen LogP contribution in [0.3, 0.4) is 0 Å². The van der Waals surface area contributed by atoms with Crippen molar-refractivity contribution in [3.05, 3.63) is 57.6 Å². The highest BCUT2D eigenvalue weighted by Crippen LogP contribution is 2.31. The van der Waals surface area contributed by atoms with Gasteiger partial charge in [0.05, 0.1) is 31.9 Å². The zero-order valence-electron chi connectivity index (χ0n) is 18.8. The third-order valence-corrected chi connectivity index (χ3v) is 8.28. The van der Waals surface area contributed by atoms with E-state index in [-0.39, 0.29) is 24.2 Å². The molecule has 7 nitrogen and oxygen atoms in total. The van der Waals surface area contributed by atoms with E-state index in [1.54, 1.807) is 44.6 Å². The second-order valence-corrected chi connectivity index (χ2v) is 10.8. The minimum Gasteiger partial charge on any atom is -0.497 e. The minimum absolute atomic E-state index is 0.109. The molecule has 1 amide bonds. The van der Waals surface area contributed by atoms with Crippen LogP contribution < -0.4 is 14.8 Å². The van der Waals surface area contributed by atoms with Crippen LogP contribution in [0.5, 0.6) is 11.5 Å². The monoisotopic (exact) mass is 514 g/mol. The predicted octanol–water partition coefficient (Wildman–Crippen LogP) is 4.43. The number of halogens is 2. The van der Waals surface area contributed by atoms with Crippen molar-refractivity contribution in [1.29, 1.82) is 0 Å². The number of carbonyl (C=O) groups excluding carboxylic acids is 1. The number of sulfonamides is 1. The number of rotatable bonds is 8. The van der Waals surface area contributed by atoms with Crippen LogP contribution in [0.15, 0.2) is 36.4 Å². The molecular weight excluding hydrogens is 487 g/mol. The molecule has 180 valence electrons. The second kappa shape index (κ2) is 11.0. The summed E-state index contributed by atoms with van der Waals surface area (Å²) in [7, 11) is -0.565. The van der Waals surface area contributed by atoms with Gasteiger partial charge in [0.25, 0.3) is 0 Å². The van der Waals surface area contributed by atoms with Crippen molar-refractivity contribution in [2.45, 2.75) is 31.6 Å². The summed E-state index contributed by atoms with van der Waals surface area (Å²) < 4.78 is 38.2. The van der Waals surface area contributed by atoms with Crippen molar-refractivity contribution in [2.75, 3.05) is 27.3 Å². The molecule has 33 heavy (non-hydrogen) atoms. The van der Waals surface area contributed by atoms with Crippen LogP contribution in [0, 0.1) is 5.92 Å². The Morgan fingerprint density at radius 2 is 1.88 bits per heavy atom. The van der Waals surface area contributed by atoms with Crippen LogP contribution in [0.2, 0.25) is 10.0 Å². The normalized spacial score (nSPS) is 17.9. The highest BCUT2D eigenvalue weighted by atomic mass is 35.5. The third-order valence-electron chi connectivity index (χ3n) is 5.80. The van der Waals surface area contributed by atoms with Gasteiger partial charge in [-0.3, -0.25) is 4.79 Å². The molecule has 1 N–H and O–H groups in total. The van der Waals surface area contributed by atoms with Crippen LogP contribution in [-0.4, -0.2) is 45.9 Å². The topological polar surface area (TPSA) is 84.9 Å². The van der Waals surface area contributed by atoms with Crippen LogP contribution >= 0.6 is 23.2 Å². The smallest absolute Gasteiger partial charge is 0.224 e.